The van der Waals surface area contributed by atoms with E-state index in [1.165, 1.54) is 0 Å². The topological polar surface area (TPSA) is 51.6 Å². The molecule has 8 aromatic rings. The van der Waals surface area contributed by atoms with Gasteiger partial charge in [-0.2, -0.15) is 52.7 Å². The standard InChI is InChI=1S/4C12H6F5N.2ClH.2Ir/c4*13-8-2-3-9(10(14)5-8)11-4-1-7(6-18-11)12(15,16)17;;;;/h4*1-6H;2*1H;;/p-2. The predicted molar refractivity (Wildman–Crippen MR) is 218 cm³/mol. The second kappa shape index (κ2) is 28.4. The third-order valence-electron chi connectivity index (χ3n) is 9.19. The van der Waals surface area contributed by atoms with Gasteiger partial charge in [-0.1, -0.05) is 0 Å². The Morgan fingerprint density at radius 2 is 0.421 bits per heavy atom. The zero-order chi connectivity index (χ0) is 53.3. The molecule has 0 bridgehead atoms. The summed E-state index contributed by atoms with van der Waals surface area (Å²) in [6.45, 7) is 0. The van der Waals surface area contributed by atoms with Crippen LogP contribution in [0, 0.1) is 46.5 Å². The van der Waals surface area contributed by atoms with E-state index in [4.69, 9.17) is 0 Å². The minimum Gasteiger partial charge on any atom is -1.00 e. The van der Waals surface area contributed by atoms with Crippen LogP contribution in [0.15, 0.2) is 146 Å². The van der Waals surface area contributed by atoms with Crippen LogP contribution >= 0.6 is 0 Å². The van der Waals surface area contributed by atoms with Crippen molar-refractivity contribution in [2.45, 2.75) is 24.7 Å². The average Bonchev–Trinajstić information content (AvgIpc) is 3.29. The third-order valence-corrected chi connectivity index (χ3v) is 9.19. The van der Waals surface area contributed by atoms with Gasteiger partial charge in [0.25, 0.3) is 0 Å². The van der Waals surface area contributed by atoms with Crippen LogP contribution in [0.3, 0.4) is 0 Å². The molecule has 8 rings (SSSR count). The summed E-state index contributed by atoms with van der Waals surface area (Å²) in [6, 6.07) is 18.5. The van der Waals surface area contributed by atoms with Crippen molar-refractivity contribution in [3.63, 3.8) is 0 Å². The van der Waals surface area contributed by atoms with Gasteiger partial charge in [-0.15, -0.1) is 0 Å². The second-order valence-corrected chi connectivity index (χ2v) is 14.2. The molecule has 0 N–H and O–H groups in total. The molecule has 4 aromatic carbocycles. The Kier molecular flexibility index (Phi) is 25.4. The average molecular weight is 1490 g/mol. The van der Waals surface area contributed by atoms with Crippen molar-refractivity contribution in [2.24, 2.45) is 0 Å². The Bertz CT molecular complexity index is 2690. The molecule has 0 amide bonds. The Hall–Kier alpha value is -6.04. The molecule has 4 aromatic heterocycles. The summed E-state index contributed by atoms with van der Waals surface area (Å²) in [6.07, 6.45) is -15.5. The largest absolute Gasteiger partial charge is 1.00 e. The number of halogens is 22. The van der Waals surface area contributed by atoms with Gasteiger partial charge in [0.1, 0.15) is 46.5 Å². The van der Waals surface area contributed by atoms with Gasteiger partial charge in [0, 0.05) is 112 Å². The third kappa shape index (κ3) is 19.2. The van der Waals surface area contributed by atoms with E-state index in [9.17, 15) is 87.8 Å². The number of rotatable bonds is 4. The molecule has 0 fully saturated rings. The van der Waals surface area contributed by atoms with Gasteiger partial charge in [-0.05, 0) is 97.1 Å². The molecule has 0 saturated carbocycles. The number of aromatic nitrogens is 4. The fourth-order valence-corrected chi connectivity index (χ4v) is 5.67. The fourth-order valence-electron chi connectivity index (χ4n) is 5.67. The zero-order valence-corrected chi connectivity index (χ0v) is 42.9. The summed E-state index contributed by atoms with van der Waals surface area (Å²) < 4.78 is 252. The van der Waals surface area contributed by atoms with Gasteiger partial charge < -0.3 is 24.8 Å². The van der Waals surface area contributed by atoms with E-state index < -0.39 is 93.5 Å². The number of hydrogen-bond donors (Lipinski definition) is 0. The van der Waals surface area contributed by atoms with Gasteiger partial charge >= 0.3 is 24.7 Å². The monoisotopic (exact) mass is 1490 g/mol. The minimum absolute atomic E-state index is 0. The SMILES string of the molecule is Fc1ccc(-c2ccc(C(F)(F)F)cn2)c(F)c1.Fc1ccc(-c2ccc(C(F)(F)F)cn2)c(F)c1.Fc1ccc(-c2ccc(C(F)(F)F)cn2)c(F)c1.Fc1ccc(-c2ccc(C(F)(F)F)cn2)c(F)c1.[Cl-].[Cl-].[Ir].[Ir]. The molecule has 0 spiro atoms. The minimum atomic E-state index is -4.49. The van der Waals surface area contributed by atoms with E-state index in [1.54, 1.807) is 0 Å². The van der Waals surface area contributed by atoms with Crippen molar-refractivity contribution in [2.75, 3.05) is 0 Å². The molecular formula is C48H24Cl2F20Ir2N4-2. The molecule has 0 aliphatic heterocycles. The van der Waals surface area contributed by atoms with E-state index in [2.05, 4.69) is 19.9 Å². The number of alkyl halides is 12. The first-order valence-corrected chi connectivity index (χ1v) is 19.5. The first kappa shape index (κ1) is 68.0. The van der Waals surface area contributed by atoms with Crippen LogP contribution in [0.4, 0.5) is 87.8 Å². The normalized spacial score (nSPS) is 11.0. The maximum Gasteiger partial charge on any atom is 0.417 e. The van der Waals surface area contributed by atoms with Gasteiger partial charge in [0.15, 0.2) is 0 Å². The van der Waals surface area contributed by atoms with Crippen LogP contribution in [-0.2, 0) is 64.9 Å². The van der Waals surface area contributed by atoms with Crippen molar-refractivity contribution in [1.82, 2.24) is 19.9 Å². The molecular weight excluding hydrogens is 1470 g/mol. The Balaban J connectivity index is 0.000000498. The van der Waals surface area contributed by atoms with E-state index in [1.807, 2.05) is 0 Å². The number of nitrogens with zero attached hydrogens (tertiary/aromatic N) is 4. The summed E-state index contributed by atoms with van der Waals surface area (Å²) in [5.41, 5.74) is -3.84. The number of benzene rings is 4. The van der Waals surface area contributed by atoms with Crippen LogP contribution < -0.4 is 24.8 Å². The predicted octanol–water partition coefficient (Wildman–Crippen LogP) is 10.2. The molecule has 0 saturated heterocycles. The summed E-state index contributed by atoms with van der Waals surface area (Å²) in [7, 11) is 0. The van der Waals surface area contributed by atoms with E-state index in [-0.39, 0.29) is 110 Å². The maximum atomic E-state index is 13.4. The summed E-state index contributed by atoms with van der Waals surface area (Å²) >= 11 is 0. The van der Waals surface area contributed by atoms with Crippen molar-refractivity contribution >= 4 is 0 Å². The number of pyridine rings is 4. The Labute approximate surface area is 455 Å². The molecule has 0 aliphatic carbocycles. The maximum absolute atomic E-state index is 13.4. The van der Waals surface area contributed by atoms with Crippen molar-refractivity contribution < 1.29 is 153 Å². The van der Waals surface area contributed by atoms with E-state index in [0.717, 1.165) is 97.1 Å². The molecule has 4 heterocycles. The van der Waals surface area contributed by atoms with Gasteiger partial charge in [0.2, 0.25) is 0 Å². The van der Waals surface area contributed by atoms with Crippen LogP contribution in [0.25, 0.3) is 45.0 Å². The van der Waals surface area contributed by atoms with E-state index in [0.29, 0.717) is 49.1 Å². The number of hydrogen-bond acceptors (Lipinski definition) is 4. The van der Waals surface area contributed by atoms with Gasteiger partial charge in [-0.3, -0.25) is 19.9 Å². The zero-order valence-electron chi connectivity index (χ0n) is 36.6. The molecule has 410 valence electrons. The first-order valence-electron chi connectivity index (χ1n) is 19.5. The van der Waals surface area contributed by atoms with Crippen LogP contribution in [0.2, 0.25) is 0 Å². The fraction of sp³-hybridized carbons (Fsp3) is 0.0833. The van der Waals surface area contributed by atoms with Crippen LogP contribution in [0.1, 0.15) is 22.3 Å². The van der Waals surface area contributed by atoms with Crippen molar-refractivity contribution in [1.29, 1.82) is 0 Å². The summed E-state index contributed by atoms with van der Waals surface area (Å²) in [5.74, 6) is -6.54. The van der Waals surface area contributed by atoms with Crippen LogP contribution in [0.5, 0.6) is 0 Å². The smallest absolute Gasteiger partial charge is 0.417 e. The van der Waals surface area contributed by atoms with Gasteiger partial charge in [0.05, 0.1) is 45.0 Å². The molecule has 0 atom stereocenters. The Morgan fingerprint density at radius 1 is 0.250 bits per heavy atom. The summed E-state index contributed by atoms with van der Waals surface area (Å²) in [4.78, 5) is 14.1. The van der Waals surface area contributed by atoms with E-state index >= 15 is 0 Å². The molecule has 2 radical (unpaired) electrons. The first-order chi connectivity index (χ1) is 33.5. The molecule has 4 nitrogen and oxygen atoms in total. The second-order valence-electron chi connectivity index (χ2n) is 14.2. The van der Waals surface area contributed by atoms with Gasteiger partial charge in [-0.25, -0.2) is 35.1 Å². The Morgan fingerprint density at radius 3 is 0.539 bits per heavy atom. The summed E-state index contributed by atoms with van der Waals surface area (Å²) in [5, 5.41) is 0. The molecule has 28 heteroatoms. The molecule has 76 heavy (non-hydrogen) atoms. The quantitative estimate of drug-likeness (QED) is 0.165. The van der Waals surface area contributed by atoms with Crippen molar-refractivity contribution in [3.8, 4) is 45.0 Å². The molecule has 0 aliphatic rings. The molecule has 0 unspecified atom stereocenters. The van der Waals surface area contributed by atoms with Crippen molar-refractivity contribution in [3.05, 3.63) is 215 Å². The van der Waals surface area contributed by atoms with Crippen LogP contribution in [-0.4, -0.2) is 19.9 Å².